The fourth-order valence-electron chi connectivity index (χ4n) is 1.78. The molecule has 20 heavy (non-hydrogen) atoms. The molecule has 0 bridgehead atoms. The summed E-state index contributed by atoms with van der Waals surface area (Å²) in [7, 11) is 1.54. The van der Waals surface area contributed by atoms with Crippen molar-refractivity contribution in [2.75, 3.05) is 7.11 Å². The number of hydrogen-bond acceptors (Lipinski definition) is 2. The standard InChI is InChI=1S/C16H13ClO3/c1-20-14-4-2-3-12(10-14)15(16(18)19)9-11-5-7-13(17)8-6-11/h2-10H,1H3,(H,18,19)/b15-9-. The van der Waals surface area contributed by atoms with Gasteiger partial charge >= 0.3 is 5.97 Å². The summed E-state index contributed by atoms with van der Waals surface area (Å²) in [6.07, 6.45) is 1.60. The van der Waals surface area contributed by atoms with Crippen LogP contribution in [0.15, 0.2) is 48.5 Å². The quantitative estimate of drug-likeness (QED) is 0.684. The van der Waals surface area contributed by atoms with Crippen molar-refractivity contribution in [3.05, 3.63) is 64.7 Å². The van der Waals surface area contributed by atoms with Gasteiger partial charge in [-0.15, -0.1) is 0 Å². The molecular weight excluding hydrogens is 276 g/mol. The van der Waals surface area contributed by atoms with Crippen LogP contribution in [0.3, 0.4) is 0 Å². The lowest BCUT2D eigenvalue weighted by molar-refractivity contribution is -0.130. The fourth-order valence-corrected chi connectivity index (χ4v) is 1.91. The van der Waals surface area contributed by atoms with Crippen LogP contribution in [0.1, 0.15) is 11.1 Å². The first-order valence-electron chi connectivity index (χ1n) is 5.95. The van der Waals surface area contributed by atoms with E-state index in [4.69, 9.17) is 16.3 Å². The first-order chi connectivity index (χ1) is 9.60. The van der Waals surface area contributed by atoms with Crippen LogP contribution in [0, 0.1) is 0 Å². The smallest absolute Gasteiger partial charge is 0.336 e. The van der Waals surface area contributed by atoms with Crippen molar-refractivity contribution in [3.8, 4) is 5.75 Å². The minimum atomic E-state index is -0.992. The van der Waals surface area contributed by atoms with Crippen LogP contribution in [0.2, 0.25) is 5.02 Å². The minimum absolute atomic E-state index is 0.200. The van der Waals surface area contributed by atoms with E-state index in [1.165, 1.54) is 0 Å². The van der Waals surface area contributed by atoms with Crippen LogP contribution in [-0.4, -0.2) is 18.2 Å². The molecule has 0 aliphatic heterocycles. The Hall–Kier alpha value is -2.26. The average Bonchev–Trinajstić information content (AvgIpc) is 2.46. The van der Waals surface area contributed by atoms with Gasteiger partial charge in [-0.1, -0.05) is 35.9 Å². The molecular formula is C16H13ClO3. The number of ether oxygens (including phenoxy) is 1. The van der Waals surface area contributed by atoms with Crippen molar-refractivity contribution in [2.24, 2.45) is 0 Å². The molecule has 2 aromatic rings. The van der Waals surface area contributed by atoms with Crippen LogP contribution in [-0.2, 0) is 4.79 Å². The Morgan fingerprint density at radius 1 is 1.20 bits per heavy atom. The molecule has 2 aromatic carbocycles. The molecule has 0 radical (unpaired) electrons. The summed E-state index contributed by atoms with van der Waals surface area (Å²) in [6.45, 7) is 0. The second-order valence-corrected chi connectivity index (χ2v) is 4.58. The number of carboxylic acids is 1. The Bertz CT molecular complexity index is 645. The molecule has 0 saturated heterocycles. The topological polar surface area (TPSA) is 46.5 Å². The van der Waals surface area contributed by atoms with Crippen LogP contribution in [0.5, 0.6) is 5.75 Å². The number of rotatable bonds is 4. The summed E-state index contributed by atoms with van der Waals surface area (Å²) in [6, 6.07) is 13.9. The molecule has 0 spiro atoms. The fraction of sp³-hybridized carbons (Fsp3) is 0.0625. The van der Waals surface area contributed by atoms with E-state index in [9.17, 15) is 9.90 Å². The van der Waals surface area contributed by atoms with E-state index in [0.717, 1.165) is 5.56 Å². The van der Waals surface area contributed by atoms with Gasteiger partial charge in [-0.05, 0) is 41.5 Å². The molecule has 4 heteroatoms. The highest BCUT2D eigenvalue weighted by Crippen LogP contribution is 2.23. The molecule has 0 saturated carbocycles. The molecule has 0 aliphatic rings. The van der Waals surface area contributed by atoms with Crippen molar-refractivity contribution >= 4 is 29.2 Å². The van der Waals surface area contributed by atoms with Crippen molar-refractivity contribution in [3.63, 3.8) is 0 Å². The van der Waals surface area contributed by atoms with Gasteiger partial charge in [-0.25, -0.2) is 4.79 Å². The van der Waals surface area contributed by atoms with Gasteiger partial charge in [0.15, 0.2) is 0 Å². The van der Waals surface area contributed by atoms with Gasteiger partial charge in [0, 0.05) is 5.02 Å². The molecule has 0 atom stereocenters. The minimum Gasteiger partial charge on any atom is -0.497 e. The number of aliphatic carboxylic acids is 1. The summed E-state index contributed by atoms with van der Waals surface area (Å²) < 4.78 is 5.11. The maximum atomic E-state index is 11.4. The van der Waals surface area contributed by atoms with E-state index in [1.54, 1.807) is 61.7 Å². The predicted molar refractivity (Wildman–Crippen MR) is 80.0 cm³/mol. The third-order valence-corrected chi connectivity index (χ3v) is 3.04. The predicted octanol–water partition coefficient (Wildman–Crippen LogP) is 3.97. The Kier molecular flexibility index (Phi) is 4.43. The van der Waals surface area contributed by atoms with Crippen LogP contribution in [0.4, 0.5) is 0 Å². The van der Waals surface area contributed by atoms with Crippen molar-refractivity contribution in [1.29, 1.82) is 0 Å². The number of hydrogen-bond donors (Lipinski definition) is 1. The van der Waals surface area contributed by atoms with Gasteiger partial charge in [0.05, 0.1) is 12.7 Å². The van der Waals surface area contributed by atoms with Crippen LogP contribution >= 0.6 is 11.6 Å². The Labute approximate surface area is 122 Å². The van der Waals surface area contributed by atoms with E-state index in [2.05, 4.69) is 0 Å². The van der Waals surface area contributed by atoms with Gasteiger partial charge in [0.2, 0.25) is 0 Å². The van der Waals surface area contributed by atoms with Crippen molar-refractivity contribution in [2.45, 2.75) is 0 Å². The summed E-state index contributed by atoms with van der Waals surface area (Å²) in [5.41, 5.74) is 1.56. The zero-order valence-electron chi connectivity index (χ0n) is 10.8. The first kappa shape index (κ1) is 14.2. The highest BCUT2D eigenvalue weighted by Gasteiger charge is 2.11. The molecule has 0 amide bonds. The summed E-state index contributed by atoms with van der Waals surface area (Å²) in [5, 5.41) is 9.98. The lowest BCUT2D eigenvalue weighted by atomic mass is 10.0. The molecule has 0 fully saturated rings. The molecule has 102 valence electrons. The highest BCUT2D eigenvalue weighted by atomic mass is 35.5. The molecule has 3 nitrogen and oxygen atoms in total. The van der Waals surface area contributed by atoms with Crippen molar-refractivity contribution < 1.29 is 14.6 Å². The Morgan fingerprint density at radius 3 is 2.50 bits per heavy atom. The number of carbonyl (C=O) groups is 1. The van der Waals surface area contributed by atoms with E-state index in [-0.39, 0.29) is 5.57 Å². The summed E-state index contributed by atoms with van der Waals surface area (Å²) in [5.74, 6) is -0.376. The summed E-state index contributed by atoms with van der Waals surface area (Å²) >= 11 is 5.81. The second kappa shape index (κ2) is 6.26. The van der Waals surface area contributed by atoms with Gasteiger partial charge < -0.3 is 9.84 Å². The monoisotopic (exact) mass is 288 g/mol. The second-order valence-electron chi connectivity index (χ2n) is 4.15. The Balaban J connectivity index is 2.45. The third kappa shape index (κ3) is 3.39. The van der Waals surface area contributed by atoms with Gasteiger partial charge in [0.25, 0.3) is 0 Å². The maximum absolute atomic E-state index is 11.4. The number of halogens is 1. The molecule has 0 aliphatic carbocycles. The number of methoxy groups -OCH3 is 1. The lowest BCUT2D eigenvalue weighted by Crippen LogP contribution is -2.00. The zero-order valence-corrected chi connectivity index (χ0v) is 11.6. The van der Waals surface area contributed by atoms with Crippen LogP contribution < -0.4 is 4.74 Å². The highest BCUT2D eigenvalue weighted by molar-refractivity contribution is 6.30. The zero-order chi connectivity index (χ0) is 14.5. The SMILES string of the molecule is COc1cccc(/C(=C/c2ccc(Cl)cc2)C(=O)O)c1. The van der Waals surface area contributed by atoms with E-state index in [1.807, 2.05) is 0 Å². The molecule has 0 heterocycles. The molecule has 2 rings (SSSR count). The lowest BCUT2D eigenvalue weighted by Gasteiger charge is -2.06. The van der Waals surface area contributed by atoms with E-state index >= 15 is 0 Å². The Morgan fingerprint density at radius 2 is 1.90 bits per heavy atom. The van der Waals surface area contributed by atoms with E-state index in [0.29, 0.717) is 16.3 Å². The van der Waals surface area contributed by atoms with E-state index < -0.39 is 5.97 Å². The molecule has 0 unspecified atom stereocenters. The van der Waals surface area contributed by atoms with Crippen molar-refractivity contribution in [1.82, 2.24) is 0 Å². The average molecular weight is 289 g/mol. The number of benzene rings is 2. The van der Waals surface area contributed by atoms with Crippen LogP contribution in [0.25, 0.3) is 11.6 Å². The maximum Gasteiger partial charge on any atom is 0.336 e. The normalized spacial score (nSPS) is 11.2. The largest absolute Gasteiger partial charge is 0.497 e. The number of carboxylic acid groups (broad SMARTS) is 1. The van der Waals surface area contributed by atoms with Gasteiger partial charge in [-0.3, -0.25) is 0 Å². The molecule has 0 aromatic heterocycles. The van der Waals surface area contributed by atoms with Gasteiger partial charge in [-0.2, -0.15) is 0 Å². The van der Waals surface area contributed by atoms with Gasteiger partial charge in [0.1, 0.15) is 5.75 Å². The molecule has 1 N–H and O–H groups in total. The first-order valence-corrected chi connectivity index (χ1v) is 6.33. The third-order valence-electron chi connectivity index (χ3n) is 2.79. The summed E-state index contributed by atoms with van der Waals surface area (Å²) in [4.78, 5) is 11.4.